The molecule has 3 N–H and O–H groups in total. The highest BCUT2D eigenvalue weighted by Gasteiger charge is 2.32. The van der Waals surface area contributed by atoms with Gasteiger partial charge in [-0.25, -0.2) is 4.79 Å². The summed E-state index contributed by atoms with van der Waals surface area (Å²) in [5, 5.41) is 11.6. The number of hydrogen-bond donors (Lipinski definition) is 2. The molecule has 1 aliphatic rings. The number of aromatic nitrogens is 3. The standard InChI is InChI=1S/C31H43N7O5/c1-5-36(6-2)28(39)23-14-11-17-37(18-23)30(41)43-20-24-15-10-16-26-34-35-27(38(24)26)25(33-29(40)31(3,4)32)21-42-19-22-12-8-7-9-13-22/h7-10,12-13,15-16,23,25H,5-6,11,14,17-21,32H2,1-4H3,(H,33,40)/t23?,25-/m1/s1. The highest BCUT2D eigenvalue weighted by Crippen LogP contribution is 2.22. The minimum atomic E-state index is -1.13. The zero-order valence-corrected chi connectivity index (χ0v) is 25.5. The number of piperidine rings is 1. The number of nitrogens with one attached hydrogen (secondary N) is 1. The molecule has 12 heteroatoms. The molecule has 3 amide bonds. The fourth-order valence-corrected chi connectivity index (χ4v) is 5.13. The third-order valence-corrected chi connectivity index (χ3v) is 7.58. The molecule has 12 nitrogen and oxygen atoms in total. The fourth-order valence-electron chi connectivity index (χ4n) is 5.13. The Kier molecular flexibility index (Phi) is 10.7. The predicted molar refractivity (Wildman–Crippen MR) is 161 cm³/mol. The summed E-state index contributed by atoms with van der Waals surface area (Å²) < 4.78 is 13.5. The van der Waals surface area contributed by atoms with Crippen molar-refractivity contribution in [1.82, 2.24) is 29.7 Å². The predicted octanol–water partition coefficient (Wildman–Crippen LogP) is 3.06. The van der Waals surface area contributed by atoms with Crippen molar-refractivity contribution < 1.29 is 23.9 Å². The number of hydrogen-bond acceptors (Lipinski definition) is 8. The minimum absolute atomic E-state index is 0.0553. The van der Waals surface area contributed by atoms with E-state index in [1.807, 2.05) is 50.2 Å². The topological polar surface area (TPSA) is 144 Å². The lowest BCUT2D eigenvalue weighted by atomic mass is 9.97. The van der Waals surface area contributed by atoms with Gasteiger partial charge in [0.05, 0.1) is 30.4 Å². The maximum absolute atomic E-state index is 13.1. The Morgan fingerprint density at radius 2 is 1.81 bits per heavy atom. The van der Waals surface area contributed by atoms with Crippen molar-refractivity contribution in [2.45, 2.75) is 65.3 Å². The van der Waals surface area contributed by atoms with Crippen LogP contribution in [0, 0.1) is 5.92 Å². The quantitative estimate of drug-likeness (QED) is 0.326. The lowest BCUT2D eigenvalue weighted by Crippen LogP contribution is -2.51. The van der Waals surface area contributed by atoms with E-state index in [-0.39, 0.29) is 30.9 Å². The summed E-state index contributed by atoms with van der Waals surface area (Å²) in [6.07, 6.45) is 1.01. The maximum atomic E-state index is 13.1. The summed E-state index contributed by atoms with van der Waals surface area (Å²) >= 11 is 0. The number of carbonyl (C=O) groups excluding carboxylic acids is 3. The van der Waals surface area contributed by atoms with E-state index in [9.17, 15) is 14.4 Å². The van der Waals surface area contributed by atoms with Crippen LogP contribution < -0.4 is 11.1 Å². The van der Waals surface area contributed by atoms with Crippen molar-refractivity contribution in [2.24, 2.45) is 11.7 Å². The molecular weight excluding hydrogens is 550 g/mol. The van der Waals surface area contributed by atoms with Gasteiger partial charge in [0.1, 0.15) is 12.6 Å². The Hall–Kier alpha value is -4.03. The summed E-state index contributed by atoms with van der Waals surface area (Å²) in [4.78, 5) is 42.3. The molecule has 43 heavy (non-hydrogen) atoms. The third-order valence-electron chi connectivity index (χ3n) is 7.58. The molecule has 232 valence electrons. The van der Waals surface area contributed by atoms with E-state index in [0.717, 1.165) is 18.4 Å². The molecule has 2 atom stereocenters. The monoisotopic (exact) mass is 593 g/mol. The van der Waals surface area contributed by atoms with Crippen molar-refractivity contribution in [1.29, 1.82) is 0 Å². The zero-order chi connectivity index (χ0) is 31.0. The van der Waals surface area contributed by atoms with E-state index in [1.165, 1.54) is 0 Å². The third kappa shape index (κ3) is 8.08. The first kappa shape index (κ1) is 31.9. The molecule has 1 aliphatic heterocycles. The second-order valence-corrected chi connectivity index (χ2v) is 11.4. The first-order valence-corrected chi connectivity index (χ1v) is 14.9. The van der Waals surface area contributed by atoms with Gasteiger partial charge in [-0.1, -0.05) is 36.4 Å². The summed E-state index contributed by atoms with van der Waals surface area (Å²) in [5.74, 6) is -0.110. The van der Waals surface area contributed by atoms with Gasteiger partial charge in [-0.15, -0.1) is 10.2 Å². The number of benzene rings is 1. The van der Waals surface area contributed by atoms with Crippen molar-refractivity contribution in [3.8, 4) is 0 Å². The van der Waals surface area contributed by atoms with Gasteiger partial charge in [0, 0.05) is 26.2 Å². The maximum Gasteiger partial charge on any atom is 0.410 e. The molecule has 0 saturated carbocycles. The molecule has 0 radical (unpaired) electrons. The SMILES string of the molecule is CCN(CC)C(=O)C1CCCN(C(=O)OCc2cccc3nnc([C@@H](COCc4ccccc4)NC(=O)C(C)(C)N)n23)C1. The molecule has 0 bridgehead atoms. The van der Waals surface area contributed by atoms with Crippen LogP contribution in [0.2, 0.25) is 0 Å². The van der Waals surface area contributed by atoms with Crippen LogP contribution in [0.15, 0.2) is 48.5 Å². The van der Waals surface area contributed by atoms with Crippen LogP contribution in [0.4, 0.5) is 4.79 Å². The Morgan fingerprint density at radius 1 is 1.07 bits per heavy atom. The summed E-state index contributed by atoms with van der Waals surface area (Å²) in [6.45, 7) is 9.71. The molecular formula is C31H43N7O5. The van der Waals surface area contributed by atoms with Gasteiger partial charge in [-0.2, -0.15) is 0 Å². The number of fused-ring (bicyclic) bond motifs is 1. The van der Waals surface area contributed by atoms with Gasteiger partial charge in [-0.3, -0.25) is 14.0 Å². The number of nitrogens with zero attached hydrogens (tertiary/aromatic N) is 5. The van der Waals surface area contributed by atoms with Crippen LogP contribution in [0.5, 0.6) is 0 Å². The summed E-state index contributed by atoms with van der Waals surface area (Å²) in [6, 6.07) is 14.4. The molecule has 0 spiro atoms. The number of rotatable bonds is 12. The van der Waals surface area contributed by atoms with Crippen molar-refractivity contribution in [3.63, 3.8) is 0 Å². The highest BCUT2D eigenvalue weighted by atomic mass is 16.6. The second-order valence-electron chi connectivity index (χ2n) is 11.4. The lowest BCUT2D eigenvalue weighted by molar-refractivity contribution is -0.136. The van der Waals surface area contributed by atoms with Crippen LogP contribution in [0.25, 0.3) is 5.65 Å². The Balaban J connectivity index is 1.50. The minimum Gasteiger partial charge on any atom is -0.443 e. The average Bonchev–Trinajstić information content (AvgIpc) is 3.45. The van der Waals surface area contributed by atoms with Gasteiger partial charge in [-0.05, 0) is 58.2 Å². The number of ether oxygens (including phenoxy) is 2. The average molecular weight is 594 g/mol. The van der Waals surface area contributed by atoms with Gasteiger partial charge in [0.2, 0.25) is 11.8 Å². The van der Waals surface area contributed by atoms with E-state index in [1.54, 1.807) is 40.2 Å². The van der Waals surface area contributed by atoms with Gasteiger partial charge in [0.25, 0.3) is 0 Å². The Morgan fingerprint density at radius 3 is 2.51 bits per heavy atom. The van der Waals surface area contributed by atoms with Crippen LogP contribution >= 0.6 is 0 Å². The molecule has 4 rings (SSSR count). The van der Waals surface area contributed by atoms with Gasteiger partial charge < -0.3 is 30.3 Å². The van der Waals surface area contributed by atoms with E-state index in [0.29, 0.717) is 50.0 Å². The molecule has 1 fully saturated rings. The van der Waals surface area contributed by atoms with Crippen molar-refractivity contribution in [3.05, 3.63) is 65.6 Å². The molecule has 0 aliphatic carbocycles. The summed E-state index contributed by atoms with van der Waals surface area (Å²) in [5.41, 5.74) is 7.08. The van der Waals surface area contributed by atoms with Crippen LogP contribution in [-0.2, 0) is 32.3 Å². The molecule has 1 saturated heterocycles. The number of carbonyl (C=O) groups is 3. The summed E-state index contributed by atoms with van der Waals surface area (Å²) in [7, 11) is 0. The fraction of sp³-hybridized carbons (Fsp3) is 0.516. The lowest BCUT2D eigenvalue weighted by Gasteiger charge is -2.33. The van der Waals surface area contributed by atoms with E-state index in [4.69, 9.17) is 15.2 Å². The highest BCUT2D eigenvalue weighted by molar-refractivity contribution is 5.85. The number of nitrogens with two attached hydrogens (primary N) is 1. The molecule has 1 aromatic carbocycles. The Labute approximate surface area is 252 Å². The number of pyridine rings is 1. The van der Waals surface area contributed by atoms with E-state index in [2.05, 4.69) is 15.5 Å². The van der Waals surface area contributed by atoms with E-state index >= 15 is 0 Å². The van der Waals surface area contributed by atoms with E-state index < -0.39 is 17.7 Å². The van der Waals surface area contributed by atoms with Crippen LogP contribution in [0.3, 0.4) is 0 Å². The van der Waals surface area contributed by atoms with Crippen molar-refractivity contribution in [2.75, 3.05) is 32.8 Å². The number of likely N-dealkylation sites (tertiary alicyclic amines) is 1. The first-order chi connectivity index (χ1) is 20.6. The van der Waals surface area contributed by atoms with Crippen molar-refractivity contribution >= 4 is 23.6 Å². The normalized spacial score (nSPS) is 16.1. The Bertz CT molecular complexity index is 1380. The van der Waals surface area contributed by atoms with Gasteiger partial charge >= 0.3 is 6.09 Å². The largest absolute Gasteiger partial charge is 0.443 e. The van der Waals surface area contributed by atoms with Gasteiger partial charge in [0.15, 0.2) is 11.5 Å². The first-order valence-electron chi connectivity index (χ1n) is 14.9. The zero-order valence-electron chi connectivity index (χ0n) is 25.5. The van der Waals surface area contributed by atoms with Crippen LogP contribution in [0.1, 0.15) is 63.7 Å². The van der Waals surface area contributed by atoms with Crippen LogP contribution in [-0.4, -0.2) is 80.6 Å². The molecule has 2 aromatic heterocycles. The molecule has 3 heterocycles. The smallest absolute Gasteiger partial charge is 0.410 e. The second kappa shape index (κ2) is 14.4. The molecule has 1 unspecified atom stereocenters. The number of amides is 3. The molecule has 3 aromatic rings.